The zero-order chi connectivity index (χ0) is 20.5. The molecule has 4 aromatic heterocycles. The minimum absolute atomic E-state index is 0.209. The smallest absolute Gasteiger partial charge is 0.259 e. The van der Waals surface area contributed by atoms with E-state index in [1.165, 1.54) is 0 Å². The maximum atomic E-state index is 13.0. The molecule has 0 aliphatic heterocycles. The molecule has 0 aliphatic carbocycles. The highest BCUT2D eigenvalue weighted by Crippen LogP contribution is 2.29. The molecule has 0 saturated carbocycles. The number of amides is 1. The first-order valence-electron chi connectivity index (χ1n) is 9.37. The topological polar surface area (TPSA) is 85.8 Å². The zero-order valence-electron chi connectivity index (χ0n) is 16.1. The van der Waals surface area contributed by atoms with Crippen LogP contribution in [0.2, 0.25) is 0 Å². The second-order valence-electron chi connectivity index (χ2n) is 6.79. The van der Waals surface area contributed by atoms with Gasteiger partial charge in [0.15, 0.2) is 0 Å². The number of nitrogens with one attached hydrogen (secondary N) is 1. The summed E-state index contributed by atoms with van der Waals surface area (Å²) in [6, 6.07) is 15.5. The van der Waals surface area contributed by atoms with Gasteiger partial charge < -0.3 is 9.84 Å². The SMILES string of the molecule is Cc1noc2nc(-c3cccs3)cc(C(=O)NCc3cnn(-c4ccccc4)c3)c12. The molecule has 4 heterocycles. The molecule has 0 atom stereocenters. The van der Waals surface area contributed by atoms with Gasteiger partial charge in [0.2, 0.25) is 0 Å². The van der Waals surface area contributed by atoms with Gasteiger partial charge in [0, 0.05) is 18.3 Å². The van der Waals surface area contributed by atoms with Crippen molar-refractivity contribution < 1.29 is 9.32 Å². The summed E-state index contributed by atoms with van der Waals surface area (Å²) in [5, 5.41) is 13.9. The number of nitrogens with zero attached hydrogens (tertiary/aromatic N) is 4. The molecule has 0 saturated heterocycles. The molecular weight excluding hydrogens is 398 g/mol. The lowest BCUT2D eigenvalue weighted by Crippen LogP contribution is -2.23. The summed E-state index contributed by atoms with van der Waals surface area (Å²) in [7, 11) is 0. The average molecular weight is 415 g/mol. The van der Waals surface area contributed by atoms with E-state index < -0.39 is 0 Å². The molecule has 1 amide bonds. The fraction of sp³-hybridized carbons (Fsp3) is 0.0909. The monoisotopic (exact) mass is 415 g/mol. The molecule has 0 bridgehead atoms. The zero-order valence-corrected chi connectivity index (χ0v) is 16.9. The molecule has 5 aromatic rings. The van der Waals surface area contributed by atoms with E-state index in [1.807, 2.05) is 54.0 Å². The lowest BCUT2D eigenvalue weighted by atomic mass is 10.1. The predicted octanol–water partition coefficient (Wildman–Crippen LogP) is 4.38. The van der Waals surface area contributed by atoms with Crippen LogP contribution < -0.4 is 5.32 Å². The van der Waals surface area contributed by atoms with Crippen molar-refractivity contribution in [1.82, 2.24) is 25.2 Å². The Hall–Kier alpha value is -3.78. The Morgan fingerprint density at radius 1 is 1.20 bits per heavy atom. The highest BCUT2D eigenvalue weighted by molar-refractivity contribution is 7.13. The minimum atomic E-state index is -0.209. The van der Waals surface area contributed by atoms with Crippen LogP contribution in [0.5, 0.6) is 0 Å². The van der Waals surface area contributed by atoms with Gasteiger partial charge in [-0.25, -0.2) is 9.67 Å². The van der Waals surface area contributed by atoms with Gasteiger partial charge in [0.05, 0.1) is 39.1 Å². The minimum Gasteiger partial charge on any atom is -0.348 e. The summed E-state index contributed by atoms with van der Waals surface area (Å²) >= 11 is 1.56. The predicted molar refractivity (Wildman–Crippen MR) is 115 cm³/mol. The first-order valence-corrected chi connectivity index (χ1v) is 10.2. The second kappa shape index (κ2) is 7.57. The van der Waals surface area contributed by atoms with Crippen LogP contribution in [0.25, 0.3) is 27.4 Å². The lowest BCUT2D eigenvalue weighted by Gasteiger charge is -2.07. The lowest BCUT2D eigenvalue weighted by molar-refractivity contribution is 0.0952. The van der Waals surface area contributed by atoms with Crippen molar-refractivity contribution in [1.29, 1.82) is 0 Å². The standard InChI is InChI=1S/C22H17N5O2S/c1-14-20-17(10-18(19-8-5-9-30-19)25-22(20)29-26-14)21(28)23-11-15-12-24-27(13-15)16-6-3-2-4-7-16/h2-10,12-13H,11H2,1H3,(H,23,28). The quantitative estimate of drug-likeness (QED) is 0.460. The molecule has 5 rings (SSSR count). The number of carbonyl (C=O) groups excluding carboxylic acids is 1. The first kappa shape index (κ1) is 18.3. The van der Waals surface area contributed by atoms with Crippen LogP contribution in [-0.4, -0.2) is 25.8 Å². The van der Waals surface area contributed by atoms with Gasteiger partial charge in [0.1, 0.15) is 0 Å². The molecule has 30 heavy (non-hydrogen) atoms. The Morgan fingerprint density at radius 2 is 2.07 bits per heavy atom. The fourth-order valence-corrected chi connectivity index (χ4v) is 3.96. The number of hydrogen-bond acceptors (Lipinski definition) is 6. The van der Waals surface area contributed by atoms with Crippen LogP contribution >= 0.6 is 11.3 Å². The number of carbonyl (C=O) groups is 1. The molecule has 1 N–H and O–H groups in total. The Morgan fingerprint density at radius 3 is 2.87 bits per heavy atom. The van der Waals surface area contributed by atoms with E-state index in [-0.39, 0.29) is 5.91 Å². The Kier molecular flexibility index (Phi) is 4.61. The van der Waals surface area contributed by atoms with Crippen molar-refractivity contribution in [2.24, 2.45) is 0 Å². The molecule has 0 unspecified atom stereocenters. The molecule has 1 aromatic carbocycles. The third-order valence-corrected chi connectivity index (χ3v) is 5.64. The van der Waals surface area contributed by atoms with E-state index >= 15 is 0 Å². The van der Waals surface area contributed by atoms with Crippen LogP contribution in [0.15, 0.2) is 70.8 Å². The third-order valence-electron chi connectivity index (χ3n) is 4.75. The highest BCUT2D eigenvalue weighted by Gasteiger charge is 2.19. The number of benzene rings is 1. The van der Waals surface area contributed by atoms with Crippen molar-refractivity contribution in [3.63, 3.8) is 0 Å². The van der Waals surface area contributed by atoms with E-state index in [9.17, 15) is 4.79 Å². The Balaban J connectivity index is 1.41. The van der Waals surface area contributed by atoms with Crippen LogP contribution in [0, 0.1) is 6.92 Å². The third kappa shape index (κ3) is 3.37. The van der Waals surface area contributed by atoms with E-state index in [0.29, 0.717) is 34.6 Å². The Labute approximate surface area is 176 Å². The normalized spacial score (nSPS) is 11.1. The average Bonchev–Trinajstić information content (AvgIpc) is 3.54. The van der Waals surface area contributed by atoms with Gasteiger partial charge in [-0.1, -0.05) is 29.4 Å². The molecule has 7 nitrogen and oxygen atoms in total. The van der Waals surface area contributed by atoms with Crippen LogP contribution in [0.4, 0.5) is 0 Å². The summed E-state index contributed by atoms with van der Waals surface area (Å²) in [4.78, 5) is 18.5. The van der Waals surface area contributed by atoms with E-state index in [1.54, 1.807) is 35.2 Å². The van der Waals surface area contributed by atoms with Gasteiger partial charge >= 0.3 is 0 Å². The maximum absolute atomic E-state index is 13.0. The first-order chi connectivity index (χ1) is 14.7. The van der Waals surface area contributed by atoms with Gasteiger partial charge in [-0.3, -0.25) is 4.79 Å². The molecule has 0 spiro atoms. The van der Waals surface area contributed by atoms with Crippen molar-refractivity contribution in [3.05, 3.63) is 83.1 Å². The van der Waals surface area contributed by atoms with E-state index in [4.69, 9.17) is 4.52 Å². The van der Waals surface area contributed by atoms with Gasteiger partial charge in [0.25, 0.3) is 11.6 Å². The number of rotatable bonds is 5. The number of pyridine rings is 1. The number of aromatic nitrogens is 4. The van der Waals surface area contributed by atoms with Crippen molar-refractivity contribution in [2.45, 2.75) is 13.5 Å². The van der Waals surface area contributed by atoms with E-state index in [2.05, 4.69) is 20.6 Å². The number of hydrogen-bond donors (Lipinski definition) is 1. The number of aryl methyl sites for hydroxylation is 1. The summed E-state index contributed by atoms with van der Waals surface area (Å²) in [5.74, 6) is -0.209. The molecule has 0 aliphatic rings. The number of fused-ring (bicyclic) bond motifs is 1. The molecule has 148 valence electrons. The number of thiophene rings is 1. The van der Waals surface area contributed by atoms with E-state index in [0.717, 1.165) is 16.1 Å². The largest absolute Gasteiger partial charge is 0.348 e. The van der Waals surface area contributed by atoms with Gasteiger partial charge in [-0.05, 0) is 36.6 Å². The maximum Gasteiger partial charge on any atom is 0.259 e. The summed E-state index contributed by atoms with van der Waals surface area (Å²) in [6.45, 7) is 2.16. The van der Waals surface area contributed by atoms with Crippen molar-refractivity contribution >= 4 is 28.3 Å². The van der Waals surface area contributed by atoms with Crippen LogP contribution in [0.1, 0.15) is 21.6 Å². The van der Waals surface area contributed by atoms with Gasteiger partial charge in [-0.2, -0.15) is 5.10 Å². The Bertz CT molecular complexity index is 1320. The van der Waals surface area contributed by atoms with Gasteiger partial charge in [-0.15, -0.1) is 11.3 Å². The van der Waals surface area contributed by atoms with Crippen molar-refractivity contribution in [2.75, 3.05) is 0 Å². The highest BCUT2D eigenvalue weighted by atomic mass is 32.1. The molecule has 0 radical (unpaired) electrons. The molecule has 8 heteroatoms. The van der Waals surface area contributed by atoms with Crippen LogP contribution in [0.3, 0.4) is 0 Å². The number of para-hydroxylation sites is 1. The molecule has 0 fully saturated rings. The van der Waals surface area contributed by atoms with Crippen LogP contribution in [-0.2, 0) is 6.54 Å². The molecular formula is C22H17N5O2S. The second-order valence-corrected chi connectivity index (χ2v) is 7.74. The summed E-state index contributed by atoms with van der Waals surface area (Å²) in [5.41, 5.74) is 4.05. The van der Waals surface area contributed by atoms with Crippen molar-refractivity contribution in [3.8, 4) is 16.3 Å². The fourth-order valence-electron chi connectivity index (χ4n) is 3.28. The summed E-state index contributed by atoms with van der Waals surface area (Å²) < 4.78 is 7.13. The summed E-state index contributed by atoms with van der Waals surface area (Å²) in [6.07, 6.45) is 3.65.